The first-order chi connectivity index (χ1) is 9.90. The topological polar surface area (TPSA) is 25.4 Å². The SMILES string of the molecule is c1cncc(COC2CCN(Cc3ccsc3)CC2)c1. The van der Waals surface area contributed by atoms with Crippen LogP contribution in [0.1, 0.15) is 24.0 Å². The Hall–Kier alpha value is -1.23. The van der Waals surface area contributed by atoms with E-state index >= 15 is 0 Å². The average Bonchev–Trinajstić information content (AvgIpc) is 3.01. The summed E-state index contributed by atoms with van der Waals surface area (Å²) >= 11 is 1.78. The third kappa shape index (κ3) is 3.88. The number of aromatic nitrogens is 1. The standard InChI is InChI=1S/C16H20N2OS/c1-2-14(10-17-6-1)12-19-16-3-7-18(8-4-16)11-15-5-9-20-13-15/h1-2,5-6,9-10,13,16H,3-4,7-8,11-12H2. The first-order valence-corrected chi connectivity index (χ1v) is 8.08. The summed E-state index contributed by atoms with van der Waals surface area (Å²) < 4.78 is 5.99. The number of piperidine rings is 1. The Morgan fingerprint density at radius 3 is 2.85 bits per heavy atom. The van der Waals surface area contributed by atoms with Crippen LogP contribution in [-0.2, 0) is 17.9 Å². The van der Waals surface area contributed by atoms with Crippen molar-refractivity contribution in [3.8, 4) is 0 Å². The van der Waals surface area contributed by atoms with Crippen LogP contribution in [0.3, 0.4) is 0 Å². The number of likely N-dealkylation sites (tertiary alicyclic amines) is 1. The number of thiophene rings is 1. The van der Waals surface area contributed by atoms with Gasteiger partial charge in [0.1, 0.15) is 0 Å². The highest BCUT2D eigenvalue weighted by Crippen LogP contribution is 2.18. The van der Waals surface area contributed by atoms with Gasteiger partial charge in [-0.15, -0.1) is 0 Å². The summed E-state index contributed by atoms with van der Waals surface area (Å²) in [4.78, 5) is 6.63. The molecule has 0 amide bonds. The fraction of sp³-hybridized carbons (Fsp3) is 0.438. The van der Waals surface area contributed by atoms with E-state index in [9.17, 15) is 0 Å². The summed E-state index contributed by atoms with van der Waals surface area (Å²) in [5.74, 6) is 0. The molecule has 2 aromatic heterocycles. The van der Waals surface area contributed by atoms with E-state index in [2.05, 4.69) is 32.8 Å². The van der Waals surface area contributed by atoms with Crippen LogP contribution >= 0.6 is 11.3 Å². The van der Waals surface area contributed by atoms with Gasteiger partial charge in [0.05, 0.1) is 12.7 Å². The first-order valence-electron chi connectivity index (χ1n) is 7.14. The Morgan fingerprint density at radius 2 is 2.15 bits per heavy atom. The summed E-state index contributed by atoms with van der Waals surface area (Å²) in [5.41, 5.74) is 2.60. The lowest BCUT2D eigenvalue weighted by molar-refractivity contribution is -0.00401. The maximum absolute atomic E-state index is 5.99. The molecule has 3 rings (SSSR count). The summed E-state index contributed by atoms with van der Waals surface area (Å²) in [6.07, 6.45) is 6.33. The highest BCUT2D eigenvalue weighted by atomic mass is 32.1. The molecule has 106 valence electrons. The van der Waals surface area contributed by atoms with Gasteiger partial charge in [0.15, 0.2) is 0 Å². The zero-order valence-corrected chi connectivity index (χ0v) is 12.4. The molecule has 0 spiro atoms. The maximum Gasteiger partial charge on any atom is 0.0735 e. The van der Waals surface area contributed by atoms with Gasteiger partial charge in [-0.2, -0.15) is 11.3 Å². The number of hydrogen-bond acceptors (Lipinski definition) is 4. The fourth-order valence-corrected chi connectivity index (χ4v) is 3.23. The quantitative estimate of drug-likeness (QED) is 0.844. The van der Waals surface area contributed by atoms with Gasteiger partial charge < -0.3 is 4.74 Å². The molecule has 2 aromatic rings. The smallest absolute Gasteiger partial charge is 0.0735 e. The van der Waals surface area contributed by atoms with E-state index in [-0.39, 0.29) is 0 Å². The highest BCUT2D eigenvalue weighted by Gasteiger charge is 2.19. The summed E-state index contributed by atoms with van der Waals surface area (Å²) in [5, 5.41) is 4.39. The van der Waals surface area contributed by atoms with Crippen molar-refractivity contribution in [2.24, 2.45) is 0 Å². The van der Waals surface area contributed by atoms with Crippen molar-refractivity contribution in [1.29, 1.82) is 0 Å². The third-order valence-electron chi connectivity index (χ3n) is 3.73. The van der Waals surface area contributed by atoms with Crippen LogP contribution in [0.5, 0.6) is 0 Å². The molecule has 1 saturated heterocycles. The molecule has 1 aliphatic rings. The first kappa shape index (κ1) is 13.7. The van der Waals surface area contributed by atoms with Gasteiger partial charge >= 0.3 is 0 Å². The number of pyridine rings is 1. The van der Waals surface area contributed by atoms with Gasteiger partial charge in [-0.3, -0.25) is 9.88 Å². The zero-order chi connectivity index (χ0) is 13.6. The lowest BCUT2D eigenvalue weighted by Gasteiger charge is -2.31. The van der Waals surface area contributed by atoms with E-state index in [0.717, 1.165) is 38.0 Å². The van der Waals surface area contributed by atoms with Crippen molar-refractivity contribution in [3.63, 3.8) is 0 Å². The predicted octanol–water partition coefficient (Wildman–Crippen LogP) is 3.32. The Labute approximate surface area is 124 Å². The third-order valence-corrected chi connectivity index (χ3v) is 4.46. The van der Waals surface area contributed by atoms with Crippen LogP contribution in [0.4, 0.5) is 0 Å². The molecule has 4 heteroatoms. The van der Waals surface area contributed by atoms with Crippen LogP contribution in [0, 0.1) is 0 Å². The minimum atomic E-state index is 0.397. The summed E-state index contributed by atoms with van der Waals surface area (Å²) in [6.45, 7) is 4.03. The molecule has 0 bridgehead atoms. The predicted molar refractivity (Wildman–Crippen MR) is 81.6 cm³/mol. The second-order valence-corrected chi connectivity index (χ2v) is 6.06. The highest BCUT2D eigenvalue weighted by molar-refractivity contribution is 7.07. The molecule has 0 unspecified atom stereocenters. The second kappa shape index (κ2) is 6.97. The van der Waals surface area contributed by atoms with Gasteiger partial charge in [0.2, 0.25) is 0 Å². The molecule has 1 fully saturated rings. The van der Waals surface area contributed by atoms with Crippen LogP contribution < -0.4 is 0 Å². The van der Waals surface area contributed by atoms with Crippen LogP contribution in [0.25, 0.3) is 0 Å². The minimum Gasteiger partial charge on any atom is -0.373 e. The largest absolute Gasteiger partial charge is 0.373 e. The molecule has 0 saturated carbocycles. The molecule has 1 aliphatic heterocycles. The molecule has 20 heavy (non-hydrogen) atoms. The van der Waals surface area contributed by atoms with Crippen molar-refractivity contribution in [2.45, 2.75) is 32.1 Å². The van der Waals surface area contributed by atoms with Crippen LogP contribution in [0.15, 0.2) is 41.4 Å². The van der Waals surface area contributed by atoms with Gasteiger partial charge in [0, 0.05) is 32.0 Å². The van der Waals surface area contributed by atoms with E-state index in [4.69, 9.17) is 4.74 Å². The van der Waals surface area contributed by atoms with Crippen molar-refractivity contribution >= 4 is 11.3 Å². The Kier molecular flexibility index (Phi) is 4.79. The van der Waals surface area contributed by atoms with Crippen molar-refractivity contribution in [2.75, 3.05) is 13.1 Å². The van der Waals surface area contributed by atoms with E-state index in [0.29, 0.717) is 12.7 Å². The number of hydrogen-bond donors (Lipinski definition) is 0. The monoisotopic (exact) mass is 288 g/mol. The lowest BCUT2D eigenvalue weighted by atomic mass is 10.1. The van der Waals surface area contributed by atoms with E-state index in [1.165, 1.54) is 5.56 Å². The minimum absolute atomic E-state index is 0.397. The molecular weight excluding hydrogens is 268 g/mol. The number of rotatable bonds is 5. The van der Waals surface area contributed by atoms with Gasteiger partial charge in [-0.1, -0.05) is 6.07 Å². The number of ether oxygens (including phenoxy) is 1. The van der Waals surface area contributed by atoms with Gasteiger partial charge in [-0.05, 0) is 46.9 Å². The van der Waals surface area contributed by atoms with Crippen LogP contribution in [0.2, 0.25) is 0 Å². The normalized spacial score (nSPS) is 17.4. The van der Waals surface area contributed by atoms with Crippen molar-refractivity contribution in [1.82, 2.24) is 9.88 Å². The second-order valence-electron chi connectivity index (χ2n) is 5.28. The average molecular weight is 288 g/mol. The molecule has 0 aromatic carbocycles. The molecule has 0 aliphatic carbocycles. The molecular formula is C16H20N2OS. The van der Waals surface area contributed by atoms with Crippen LogP contribution in [-0.4, -0.2) is 29.1 Å². The van der Waals surface area contributed by atoms with Gasteiger partial charge in [-0.25, -0.2) is 0 Å². The van der Waals surface area contributed by atoms with Crippen molar-refractivity contribution in [3.05, 3.63) is 52.5 Å². The zero-order valence-electron chi connectivity index (χ0n) is 11.6. The molecule has 3 heterocycles. The maximum atomic E-state index is 5.99. The number of nitrogens with zero attached hydrogens (tertiary/aromatic N) is 2. The molecule has 3 nitrogen and oxygen atoms in total. The summed E-state index contributed by atoms with van der Waals surface area (Å²) in [7, 11) is 0. The molecule has 0 N–H and O–H groups in total. The van der Waals surface area contributed by atoms with Gasteiger partial charge in [0.25, 0.3) is 0 Å². The Bertz CT molecular complexity index is 492. The Balaban J connectivity index is 1.40. The Morgan fingerprint density at radius 1 is 1.25 bits per heavy atom. The van der Waals surface area contributed by atoms with E-state index in [1.807, 2.05) is 12.3 Å². The fourth-order valence-electron chi connectivity index (χ4n) is 2.57. The molecule has 0 radical (unpaired) electrons. The van der Waals surface area contributed by atoms with Crippen molar-refractivity contribution < 1.29 is 4.74 Å². The lowest BCUT2D eigenvalue weighted by Crippen LogP contribution is -2.36. The molecule has 0 atom stereocenters. The van der Waals surface area contributed by atoms with E-state index < -0.39 is 0 Å². The van der Waals surface area contributed by atoms with E-state index in [1.54, 1.807) is 17.5 Å². The summed E-state index contributed by atoms with van der Waals surface area (Å²) in [6, 6.07) is 6.25.